The number of halogens is 1. The lowest BCUT2D eigenvalue weighted by Gasteiger charge is -2.01. The molecule has 0 aliphatic rings. The van der Waals surface area contributed by atoms with Crippen LogP contribution in [0.5, 0.6) is 0 Å². The van der Waals surface area contributed by atoms with Crippen molar-refractivity contribution in [2.75, 3.05) is 12.0 Å². The van der Waals surface area contributed by atoms with E-state index in [9.17, 15) is 4.39 Å². The lowest BCUT2D eigenvalue weighted by atomic mass is 10.1. The van der Waals surface area contributed by atoms with Gasteiger partial charge in [0, 0.05) is 23.6 Å². The first kappa shape index (κ1) is 11.0. The molecule has 16 heavy (non-hydrogen) atoms. The Morgan fingerprint density at radius 3 is 2.62 bits per heavy atom. The van der Waals surface area contributed by atoms with Gasteiger partial charge in [-0.15, -0.1) is 11.8 Å². The summed E-state index contributed by atoms with van der Waals surface area (Å²) in [6.45, 7) is 0. The Labute approximate surface area is 97.5 Å². The number of thioether (sulfide) groups is 1. The van der Waals surface area contributed by atoms with Crippen molar-refractivity contribution in [3.63, 3.8) is 0 Å². The molecule has 0 saturated heterocycles. The second-order valence-electron chi connectivity index (χ2n) is 3.42. The van der Waals surface area contributed by atoms with Crippen LogP contribution >= 0.6 is 11.8 Å². The molecule has 1 aromatic heterocycles. The molecule has 2 N–H and O–H groups in total. The highest BCUT2D eigenvalue weighted by Crippen LogP contribution is 2.26. The zero-order valence-electron chi connectivity index (χ0n) is 9.07. The predicted molar refractivity (Wildman–Crippen MR) is 64.8 cm³/mol. The minimum atomic E-state index is -0.273. The molecule has 0 spiro atoms. The molecule has 5 heteroatoms. The van der Waals surface area contributed by atoms with Crippen molar-refractivity contribution in [2.45, 2.75) is 4.90 Å². The highest BCUT2D eigenvalue weighted by molar-refractivity contribution is 7.98. The Balaban J connectivity index is 2.48. The summed E-state index contributed by atoms with van der Waals surface area (Å²) in [4.78, 5) is 0.894. The standard InChI is InChI=1S/C11H12FN3S/c1-15-11(13)6-10(14-15)8-4-3-7(16-2)5-9(8)12/h3-6H,13H2,1-2H3. The Morgan fingerprint density at radius 1 is 1.38 bits per heavy atom. The maximum Gasteiger partial charge on any atom is 0.133 e. The van der Waals surface area contributed by atoms with Crippen molar-refractivity contribution in [1.29, 1.82) is 0 Å². The van der Waals surface area contributed by atoms with Crippen LogP contribution in [-0.2, 0) is 7.05 Å². The largest absolute Gasteiger partial charge is 0.384 e. The number of nitrogens with two attached hydrogens (primary N) is 1. The van der Waals surface area contributed by atoms with Gasteiger partial charge in [-0.25, -0.2) is 4.39 Å². The van der Waals surface area contributed by atoms with E-state index in [0.717, 1.165) is 4.90 Å². The van der Waals surface area contributed by atoms with Gasteiger partial charge in [0.15, 0.2) is 0 Å². The van der Waals surface area contributed by atoms with Gasteiger partial charge in [-0.2, -0.15) is 5.10 Å². The third-order valence-electron chi connectivity index (χ3n) is 2.37. The van der Waals surface area contributed by atoms with Crippen LogP contribution in [0.25, 0.3) is 11.3 Å². The molecule has 2 aromatic rings. The van der Waals surface area contributed by atoms with E-state index in [0.29, 0.717) is 17.1 Å². The van der Waals surface area contributed by atoms with Gasteiger partial charge in [0.2, 0.25) is 0 Å². The van der Waals surface area contributed by atoms with Crippen molar-refractivity contribution in [3.8, 4) is 11.3 Å². The van der Waals surface area contributed by atoms with Crippen LogP contribution in [0, 0.1) is 5.82 Å². The van der Waals surface area contributed by atoms with E-state index in [1.165, 1.54) is 22.5 Å². The number of hydrogen-bond donors (Lipinski definition) is 1. The molecular weight excluding hydrogens is 225 g/mol. The number of nitrogens with zero attached hydrogens (tertiary/aromatic N) is 2. The van der Waals surface area contributed by atoms with Gasteiger partial charge in [0.05, 0.1) is 5.69 Å². The van der Waals surface area contributed by atoms with Gasteiger partial charge >= 0.3 is 0 Å². The maximum atomic E-state index is 13.8. The molecule has 0 aliphatic carbocycles. The minimum Gasteiger partial charge on any atom is -0.384 e. The molecular formula is C11H12FN3S. The van der Waals surface area contributed by atoms with E-state index in [1.807, 2.05) is 12.3 Å². The SMILES string of the molecule is CSc1ccc(-c2cc(N)n(C)n2)c(F)c1. The molecule has 0 bridgehead atoms. The number of aromatic nitrogens is 2. The summed E-state index contributed by atoms with van der Waals surface area (Å²) in [6.07, 6.45) is 1.91. The summed E-state index contributed by atoms with van der Waals surface area (Å²) in [5.74, 6) is 0.244. The lowest BCUT2D eigenvalue weighted by molar-refractivity contribution is 0.626. The molecule has 0 amide bonds. The molecule has 0 fully saturated rings. The van der Waals surface area contributed by atoms with Crippen LogP contribution < -0.4 is 5.73 Å². The first-order chi connectivity index (χ1) is 7.61. The number of anilines is 1. The Bertz CT molecular complexity index is 502. The molecule has 2 rings (SSSR count). The fourth-order valence-electron chi connectivity index (χ4n) is 1.44. The average molecular weight is 237 g/mol. The lowest BCUT2D eigenvalue weighted by Crippen LogP contribution is -1.96. The summed E-state index contributed by atoms with van der Waals surface area (Å²) < 4.78 is 15.3. The smallest absolute Gasteiger partial charge is 0.133 e. The topological polar surface area (TPSA) is 43.8 Å². The zero-order chi connectivity index (χ0) is 11.7. The van der Waals surface area contributed by atoms with Gasteiger partial charge in [-0.3, -0.25) is 4.68 Å². The first-order valence-corrected chi connectivity index (χ1v) is 5.97. The van der Waals surface area contributed by atoms with E-state index < -0.39 is 0 Å². The predicted octanol–water partition coefficient (Wildman–Crippen LogP) is 2.53. The minimum absolute atomic E-state index is 0.273. The normalized spacial score (nSPS) is 10.7. The molecule has 0 unspecified atom stereocenters. The highest BCUT2D eigenvalue weighted by atomic mass is 32.2. The van der Waals surface area contributed by atoms with Crippen molar-refractivity contribution in [3.05, 3.63) is 30.1 Å². The summed E-state index contributed by atoms with van der Waals surface area (Å²) >= 11 is 1.50. The molecule has 0 atom stereocenters. The summed E-state index contributed by atoms with van der Waals surface area (Å²) in [6, 6.07) is 6.76. The molecule has 3 nitrogen and oxygen atoms in total. The van der Waals surface area contributed by atoms with Gasteiger partial charge in [0.1, 0.15) is 11.6 Å². The number of hydrogen-bond acceptors (Lipinski definition) is 3. The first-order valence-electron chi connectivity index (χ1n) is 4.75. The highest BCUT2D eigenvalue weighted by Gasteiger charge is 2.10. The molecule has 1 heterocycles. The molecule has 1 aromatic carbocycles. The Kier molecular flexibility index (Phi) is 2.87. The summed E-state index contributed by atoms with van der Waals surface area (Å²) in [5, 5.41) is 4.14. The van der Waals surface area contributed by atoms with Crippen molar-refractivity contribution in [2.24, 2.45) is 7.05 Å². The number of benzene rings is 1. The van der Waals surface area contributed by atoms with E-state index >= 15 is 0 Å². The van der Waals surface area contributed by atoms with Crippen molar-refractivity contribution >= 4 is 17.6 Å². The van der Waals surface area contributed by atoms with E-state index in [2.05, 4.69) is 5.10 Å². The summed E-state index contributed by atoms with van der Waals surface area (Å²) in [7, 11) is 1.73. The molecule has 0 aliphatic heterocycles. The van der Waals surface area contributed by atoms with E-state index in [-0.39, 0.29) is 5.82 Å². The van der Waals surface area contributed by atoms with Crippen molar-refractivity contribution in [1.82, 2.24) is 9.78 Å². The molecule has 84 valence electrons. The average Bonchev–Trinajstić information content (AvgIpc) is 2.58. The Hall–Kier alpha value is -1.49. The van der Waals surface area contributed by atoms with Gasteiger partial charge in [-0.1, -0.05) is 0 Å². The van der Waals surface area contributed by atoms with E-state index in [4.69, 9.17) is 5.73 Å². The van der Waals surface area contributed by atoms with Crippen LogP contribution in [0.4, 0.5) is 10.2 Å². The van der Waals surface area contributed by atoms with Crippen LogP contribution in [0.15, 0.2) is 29.2 Å². The van der Waals surface area contributed by atoms with Gasteiger partial charge in [-0.05, 0) is 24.5 Å². The number of nitrogen functional groups attached to an aromatic ring is 1. The van der Waals surface area contributed by atoms with Crippen LogP contribution in [0.3, 0.4) is 0 Å². The molecule has 0 saturated carbocycles. The third-order valence-corrected chi connectivity index (χ3v) is 3.09. The van der Waals surface area contributed by atoms with Crippen LogP contribution in [0.2, 0.25) is 0 Å². The second-order valence-corrected chi connectivity index (χ2v) is 4.30. The monoisotopic (exact) mass is 237 g/mol. The molecule has 0 radical (unpaired) electrons. The third kappa shape index (κ3) is 1.90. The van der Waals surface area contributed by atoms with Crippen LogP contribution in [-0.4, -0.2) is 16.0 Å². The number of aryl methyl sites for hydroxylation is 1. The van der Waals surface area contributed by atoms with E-state index in [1.54, 1.807) is 19.2 Å². The fraction of sp³-hybridized carbons (Fsp3) is 0.182. The van der Waals surface area contributed by atoms with Crippen molar-refractivity contribution < 1.29 is 4.39 Å². The fourth-order valence-corrected chi connectivity index (χ4v) is 1.87. The summed E-state index contributed by atoms with van der Waals surface area (Å²) in [5.41, 5.74) is 6.70. The quantitative estimate of drug-likeness (QED) is 0.816. The van der Waals surface area contributed by atoms with Crippen LogP contribution in [0.1, 0.15) is 0 Å². The van der Waals surface area contributed by atoms with Gasteiger partial charge < -0.3 is 5.73 Å². The Morgan fingerprint density at radius 2 is 2.12 bits per heavy atom. The zero-order valence-corrected chi connectivity index (χ0v) is 9.88. The second kappa shape index (κ2) is 4.17. The van der Waals surface area contributed by atoms with Gasteiger partial charge in [0.25, 0.3) is 0 Å². The number of rotatable bonds is 2. The maximum absolute atomic E-state index is 13.8.